The van der Waals surface area contributed by atoms with Gasteiger partial charge in [-0.2, -0.15) is 19.9 Å². The van der Waals surface area contributed by atoms with Crippen LogP contribution in [0.25, 0.3) is 0 Å². The van der Waals surface area contributed by atoms with Crippen molar-refractivity contribution < 1.29 is 42.6 Å². The number of halogens is 1. The predicted octanol–water partition coefficient (Wildman–Crippen LogP) is 6.03. The Kier molecular flexibility index (Phi) is 21.3. The SMILES string of the molecule is CC.CC.CC(C)(C)OC(=O)NC(C(=O)NC12CCC(CN([C-]=O)CC(=O)N3CCN(C(=O)c4cc(CC(=N)c5ccccc5C(N)=O)ccc4F)CC3)(CC1)OC2)C1CCCCC1.S.[Fm]. The molecule has 3 heterocycles. The first kappa shape index (κ1) is 56.1. The van der Waals surface area contributed by atoms with E-state index in [4.69, 9.17) is 20.6 Å². The molecule has 2 aromatic carbocycles. The van der Waals surface area contributed by atoms with Gasteiger partial charge in [-0.1, -0.05) is 71.2 Å². The molecule has 3 aliphatic heterocycles. The molecule has 372 valence electrons. The number of nitrogens with zero attached hydrogens (tertiary/aromatic N) is 3. The minimum absolute atomic E-state index is 0. The number of piperazine rings is 1. The van der Waals surface area contributed by atoms with Crippen molar-refractivity contribution in [1.82, 2.24) is 25.3 Å². The molecule has 3 saturated heterocycles. The van der Waals surface area contributed by atoms with E-state index in [1.165, 1.54) is 34.1 Å². The van der Waals surface area contributed by atoms with E-state index in [1.807, 2.05) is 34.1 Å². The summed E-state index contributed by atoms with van der Waals surface area (Å²) in [6, 6.07) is 9.82. The van der Waals surface area contributed by atoms with Gasteiger partial charge in [-0.15, -0.1) is 0 Å². The van der Waals surface area contributed by atoms with E-state index < -0.39 is 46.5 Å². The quantitative estimate of drug-likeness (QED) is 0.0998. The summed E-state index contributed by atoms with van der Waals surface area (Å²) < 4.78 is 26.9. The van der Waals surface area contributed by atoms with E-state index in [1.54, 1.807) is 43.9 Å². The van der Waals surface area contributed by atoms with Crippen molar-refractivity contribution in [3.05, 3.63) is 70.5 Å². The third-order valence-corrected chi connectivity index (χ3v) is 12.3. The van der Waals surface area contributed by atoms with Gasteiger partial charge in [-0.3, -0.25) is 19.2 Å². The van der Waals surface area contributed by atoms with Gasteiger partial charge in [-0.25, -0.2) is 9.18 Å². The number of fused-ring (bicyclic) bond motifs is 3. The molecule has 66 heavy (non-hydrogen) atoms. The van der Waals surface area contributed by atoms with Crippen molar-refractivity contribution in [2.24, 2.45) is 11.7 Å². The van der Waals surface area contributed by atoms with Gasteiger partial charge >= 0.3 is 6.09 Å². The number of nitrogens with two attached hydrogens (primary N) is 1. The van der Waals surface area contributed by atoms with Gasteiger partial charge < -0.3 is 50.7 Å². The van der Waals surface area contributed by atoms with Crippen LogP contribution < -0.4 is 16.4 Å². The van der Waals surface area contributed by atoms with Gasteiger partial charge in [0, 0.05) is 56.0 Å². The maximum Gasteiger partial charge on any atom is 0.408 e. The molecule has 7 rings (SSSR count). The molecule has 2 aromatic rings. The van der Waals surface area contributed by atoms with E-state index in [2.05, 4.69) is 10.6 Å². The number of alkyl carbamates (subject to hydrolysis) is 1. The number of ether oxygens (including phenoxy) is 2. The van der Waals surface area contributed by atoms with Crippen LogP contribution in [0.3, 0.4) is 0 Å². The molecular weight excluding hydrogens is 1110 g/mol. The van der Waals surface area contributed by atoms with Crippen molar-refractivity contribution in [3.63, 3.8) is 0 Å². The molecule has 5 fully saturated rings. The Morgan fingerprint density at radius 1 is 0.924 bits per heavy atom. The summed E-state index contributed by atoms with van der Waals surface area (Å²) >= 11 is 0. The Bertz CT molecular complexity index is 1960. The van der Waals surface area contributed by atoms with Gasteiger partial charge in [0.25, 0.3) is 5.91 Å². The number of carbonyl (C=O) groups excluding carboxylic acids is 6. The molecule has 0 aromatic heterocycles. The van der Waals surface area contributed by atoms with E-state index in [9.17, 15) is 33.2 Å². The largest absolute Gasteiger partial charge is 0.520 e. The number of carbonyl (C=O) groups is 5. The molecule has 18 heteroatoms. The molecular formula is C48H71FFmN7O8S-. The average molecular weight is 1180 g/mol. The number of benzene rings is 2. The van der Waals surface area contributed by atoms with Crippen LogP contribution in [-0.4, -0.2) is 125 Å². The summed E-state index contributed by atoms with van der Waals surface area (Å²) in [5.74, 6) is -2.49. The third-order valence-electron chi connectivity index (χ3n) is 12.3. The van der Waals surface area contributed by atoms with Gasteiger partial charge in [0.15, 0.2) is 0 Å². The molecule has 2 saturated carbocycles. The van der Waals surface area contributed by atoms with Crippen LogP contribution in [0.1, 0.15) is 138 Å². The minimum Gasteiger partial charge on any atom is -0.520 e. The predicted molar refractivity (Wildman–Crippen MR) is 252 cm³/mol. The Morgan fingerprint density at radius 2 is 1.52 bits per heavy atom. The second kappa shape index (κ2) is 25.0. The van der Waals surface area contributed by atoms with Gasteiger partial charge in [0.2, 0.25) is 17.7 Å². The van der Waals surface area contributed by atoms with Crippen LogP contribution in [0.4, 0.5) is 9.18 Å². The number of amides is 6. The second-order valence-electron chi connectivity index (χ2n) is 17.8. The van der Waals surface area contributed by atoms with Crippen molar-refractivity contribution in [2.45, 2.75) is 135 Å². The summed E-state index contributed by atoms with van der Waals surface area (Å²) in [6.45, 7) is 14.1. The third kappa shape index (κ3) is 14.5. The first-order valence-corrected chi connectivity index (χ1v) is 22.9. The molecule has 0 spiro atoms. The minimum atomic E-state index is -0.728. The zero-order valence-electron chi connectivity index (χ0n) is 39.6. The molecule has 2 aliphatic carbocycles. The standard InChI is InChI=1S/C44H57FN7O8.2C2H6.Fm.H2S/c1-42(2,3)60-41(58)48-37(30-9-5-4-6-10-30)39(56)49-43-15-17-44(18-16-43,59-27-43)26-50(28-53)25-36(54)51-19-21-52(22-20-51)40(57)33-23-29(13-14-34(33)45)24-35(46)31-11-7-8-12-32(31)38(47)55;2*1-2;;/h7-8,11-14,23,30,37,46H,4-6,9-10,15-22,24-27H2,1-3H3,(H2,47,55)(H,48,58)(H,49,56);2*1-2H3;;1H2/q-1;;;;. The Labute approximate surface area is 391 Å². The fourth-order valence-corrected chi connectivity index (χ4v) is 8.94. The molecule has 6 amide bonds. The number of hydrogen-bond donors (Lipinski definition) is 4. The second-order valence-corrected chi connectivity index (χ2v) is 17.8. The Morgan fingerprint density at radius 3 is 2.06 bits per heavy atom. The van der Waals surface area contributed by atoms with Gasteiger partial charge in [0.1, 0.15) is 17.5 Å². The van der Waals surface area contributed by atoms with Crippen molar-refractivity contribution >= 4 is 55.3 Å². The van der Waals surface area contributed by atoms with Crippen molar-refractivity contribution in [3.8, 4) is 0 Å². The summed E-state index contributed by atoms with van der Waals surface area (Å²) in [7, 11) is 0. The maximum absolute atomic E-state index is 15.0. The van der Waals surface area contributed by atoms with Gasteiger partial charge in [-0.05, 0) is 89.0 Å². The van der Waals surface area contributed by atoms with Crippen molar-refractivity contribution in [2.75, 3.05) is 45.9 Å². The number of rotatable bonds is 14. The van der Waals surface area contributed by atoms with E-state index in [0.717, 1.165) is 32.1 Å². The van der Waals surface area contributed by atoms with Crippen LogP contribution >= 0.6 is 13.5 Å². The van der Waals surface area contributed by atoms with Gasteiger partial charge in [0.05, 0.1) is 29.9 Å². The van der Waals surface area contributed by atoms with Crippen LogP contribution in [0.5, 0.6) is 0 Å². The monoisotopic (exact) mass is 1180 g/mol. The number of nitrogens with one attached hydrogen (secondary N) is 3. The molecule has 0 radical (unpaired) electrons. The summed E-state index contributed by atoms with van der Waals surface area (Å²) in [6.07, 6.45) is 8.40. The Balaban J connectivity index is 0.00000243. The zero-order chi connectivity index (χ0) is 47.2. The van der Waals surface area contributed by atoms with E-state index >= 15 is 0 Å². The van der Waals surface area contributed by atoms with E-state index in [-0.39, 0.29) is 100 Å². The normalized spacial score (nSPS) is 20.5. The maximum atomic E-state index is 15.0. The molecule has 1 unspecified atom stereocenters. The molecule has 2 bridgehead atoms. The molecule has 5 aliphatic rings. The Hall–Kier alpha value is -6.03. The van der Waals surface area contributed by atoms with Crippen LogP contribution in [-0.2, 0) is 30.3 Å². The molecule has 15 nitrogen and oxygen atoms in total. The summed E-state index contributed by atoms with van der Waals surface area (Å²) in [5.41, 5.74) is 4.45. The summed E-state index contributed by atoms with van der Waals surface area (Å²) in [4.78, 5) is 81.9. The molecule has 1 atom stereocenters. The zero-order valence-corrected chi connectivity index (χ0v) is 43.0. The fourth-order valence-electron chi connectivity index (χ4n) is 8.94. The average Bonchev–Trinajstić information content (AvgIpc) is 3.30. The number of primary amides is 1. The first-order valence-electron chi connectivity index (χ1n) is 22.9. The van der Waals surface area contributed by atoms with E-state index in [0.29, 0.717) is 36.8 Å². The van der Waals surface area contributed by atoms with Crippen LogP contribution in [0, 0.1) is 17.1 Å². The molecule has 5 N–H and O–H groups in total. The van der Waals surface area contributed by atoms with Crippen LogP contribution in [0.2, 0.25) is 0 Å². The smallest absolute Gasteiger partial charge is 0.408 e. The first-order chi connectivity index (χ1) is 30.5. The topological polar surface area (TPSA) is 205 Å². The van der Waals surface area contributed by atoms with Crippen molar-refractivity contribution in [1.29, 1.82) is 5.41 Å². The summed E-state index contributed by atoms with van der Waals surface area (Å²) in [5, 5.41) is 14.7. The van der Waals surface area contributed by atoms with Crippen LogP contribution in [0.15, 0.2) is 42.5 Å². The number of hydrogen-bond acceptors (Lipinski definition) is 9. The fraction of sp³-hybridized carbons (Fsp3) is 0.604.